The molecule has 0 bridgehead atoms. The van der Waals surface area contributed by atoms with Gasteiger partial charge in [0.05, 0.1) is 19.3 Å². The maximum Gasteiger partial charge on any atom is 0.337 e. The largest absolute Gasteiger partial charge is 0.465 e. The van der Waals surface area contributed by atoms with Crippen LogP contribution >= 0.6 is 0 Å². The van der Waals surface area contributed by atoms with Crippen molar-refractivity contribution in [3.05, 3.63) is 76.9 Å². The van der Waals surface area contributed by atoms with Gasteiger partial charge >= 0.3 is 11.9 Å². The van der Waals surface area contributed by atoms with Crippen molar-refractivity contribution < 1.29 is 23.9 Å². The van der Waals surface area contributed by atoms with Crippen molar-refractivity contribution in [2.75, 3.05) is 13.7 Å². The second-order valence-corrected chi connectivity index (χ2v) is 5.50. The Morgan fingerprint density at radius 3 is 2.12 bits per heavy atom. The Balaban J connectivity index is 1.99. The number of carbonyl (C=O) groups is 3. The number of rotatable bonds is 7. The lowest BCUT2D eigenvalue weighted by Crippen LogP contribution is -2.05. The molecule has 0 aliphatic carbocycles. The third kappa shape index (κ3) is 5.41. The van der Waals surface area contributed by atoms with Crippen LogP contribution in [0.3, 0.4) is 0 Å². The Kier molecular flexibility index (Phi) is 6.85. The van der Waals surface area contributed by atoms with Gasteiger partial charge in [-0.05, 0) is 36.3 Å². The number of benzene rings is 2. The molecule has 0 unspecified atom stereocenters. The average Bonchev–Trinajstić information content (AvgIpc) is 2.67. The molecule has 0 N–H and O–H groups in total. The van der Waals surface area contributed by atoms with E-state index in [-0.39, 0.29) is 12.2 Å². The SMILES string of the molecule is CCOC(=O)/C=C/c1ccc(C(=O)Cc2ccc(C(=O)OC)cc2)cc1. The monoisotopic (exact) mass is 352 g/mol. The highest BCUT2D eigenvalue weighted by Gasteiger charge is 2.09. The topological polar surface area (TPSA) is 69.7 Å². The lowest BCUT2D eigenvalue weighted by molar-refractivity contribution is -0.137. The summed E-state index contributed by atoms with van der Waals surface area (Å²) >= 11 is 0. The van der Waals surface area contributed by atoms with Crippen LogP contribution in [-0.2, 0) is 20.7 Å². The van der Waals surface area contributed by atoms with Gasteiger partial charge in [0.1, 0.15) is 0 Å². The molecule has 2 aromatic rings. The van der Waals surface area contributed by atoms with Gasteiger partial charge in [-0.25, -0.2) is 9.59 Å². The van der Waals surface area contributed by atoms with Crippen LogP contribution in [0.4, 0.5) is 0 Å². The number of ether oxygens (including phenoxy) is 2. The summed E-state index contributed by atoms with van der Waals surface area (Å²) in [6.07, 6.45) is 3.22. The molecule has 0 heterocycles. The van der Waals surface area contributed by atoms with E-state index >= 15 is 0 Å². The highest BCUT2D eigenvalue weighted by molar-refractivity contribution is 5.98. The van der Waals surface area contributed by atoms with E-state index in [1.165, 1.54) is 13.2 Å². The Labute approximate surface area is 152 Å². The van der Waals surface area contributed by atoms with E-state index in [1.54, 1.807) is 61.5 Å². The lowest BCUT2D eigenvalue weighted by Gasteiger charge is -2.04. The summed E-state index contributed by atoms with van der Waals surface area (Å²) in [6.45, 7) is 2.08. The van der Waals surface area contributed by atoms with Crippen LogP contribution in [0.25, 0.3) is 6.08 Å². The number of hydrogen-bond acceptors (Lipinski definition) is 5. The van der Waals surface area contributed by atoms with Crippen LogP contribution in [-0.4, -0.2) is 31.4 Å². The van der Waals surface area contributed by atoms with Gasteiger partial charge in [0, 0.05) is 18.1 Å². The van der Waals surface area contributed by atoms with Gasteiger partial charge < -0.3 is 9.47 Å². The number of methoxy groups -OCH3 is 1. The maximum atomic E-state index is 12.4. The van der Waals surface area contributed by atoms with Crippen molar-refractivity contribution in [1.29, 1.82) is 0 Å². The van der Waals surface area contributed by atoms with Gasteiger partial charge in [0.25, 0.3) is 0 Å². The number of esters is 2. The summed E-state index contributed by atoms with van der Waals surface area (Å²) in [6, 6.07) is 13.7. The fourth-order valence-electron chi connectivity index (χ4n) is 2.30. The Morgan fingerprint density at radius 2 is 1.54 bits per heavy atom. The highest BCUT2D eigenvalue weighted by atomic mass is 16.5. The number of hydrogen-bond donors (Lipinski definition) is 0. The van der Waals surface area contributed by atoms with Crippen molar-refractivity contribution in [3.8, 4) is 0 Å². The number of Topliss-reactive ketones (excluding diaryl/α,β-unsaturated/α-hetero) is 1. The third-order valence-electron chi connectivity index (χ3n) is 3.67. The normalized spacial score (nSPS) is 10.5. The van der Waals surface area contributed by atoms with Crippen molar-refractivity contribution in [2.24, 2.45) is 0 Å². The maximum absolute atomic E-state index is 12.4. The molecule has 0 spiro atoms. The van der Waals surface area contributed by atoms with Crippen LogP contribution in [0, 0.1) is 0 Å². The molecular formula is C21H20O5. The zero-order chi connectivity index (χ0) is 18.9. The molecule has 0 radical (unpaired) electrons. The molecule has 0 fully saturated rings. The smallest absolute Gasteiger partial charge is 0.337 e. The van der Waals surface area contributed by atoms with E-state index in [4.69, 9.17) is 4.74 Å². The Hall–Kier alpha value is -3.21. The van der Waals surface area contributed by atoms with Crippen LogP contribution in [0.5, 0.6) is 0 Å². The van der Waals surface area contributed by atoms with Crippen LogP contribution in [0.15, 0.2) is 54.6 Å². The summed E-state index contributed by atoms with van der Waals surface area (Å²) in [4.78, 5) is 35.1. The second kappa shape index (κ2) is 9.32. The number of carbonyl (C=O) groups excluding carboxylic acids is 3. The first-order valence-electron chi connectivity index (χ1n) is 8.19. The molecule has 0 saturated heterocycles. The zero-order valence-electron chi connectivity index (χ0n) is 14.7. The van der Waals surface area contributed by atoms with E-state index in [9.17, 15) is 14.4 Å². The van der Waals surface area contributed by atoms with Gasteiger partial charge in [-0.1, -0.05) is 36.4 Å². The first-order chi connectivity index (χ1) is 12.5. The molecule has 2 rings (SSSR count). The molecule has 0 aromatic heterocycles. The summed E-state index contributed by atoms with van der Waals surface area (Å²) in [7, 11) is 1.32. The quantitative estimate of drug-likeness (QED) is 0.433. The minimum absolute atomic E-state index is 0.0308. The summed E-state index contributed by atoms with van der Waals surface area (Å²) in [5.74, 6) is -0.839. The second-order valence-electron chi connectivity index (χ2n) is 5.50. The molecule has 0 amide bonds. The molecular weight excluding hydrogens is 332 g/mol. The standard InChI is InChI=1S/C21H20O5/c1-3-26-20(23)13-8-15-4-9-17(10-5-15)19(22)14-16-6-11-18(12-7-16)21(24)25-2/h4-13H,3,14H2,1-2H3/b13-8+. The molecule has 134 valence electrons. The van der Waals surface area contributed by atoms with Gasteiger partial charge in [-0.2, -0.15) is 0 Å². The average molecular weight is 352 g/mol. The van der Waals surface area contributed by atoms with Crippen LogP contribution in [0.1, 0.15) is 38.8 Å². The summed E-state index contributed by atoms with van der Waals surface area (Å²) in [5, 5.41) is 0. The third-order valence-corrected chi connectivity index (χ3v) is 3.67. The molecule has 0 aliphatic rings. The Bertz CT molecular complexity index is 801. The molecule has 0 aliphatic heterocycles. The van der Waals surface area contributed by atoms with Gasteiger partial charge in [0.2, 0.25) is 0 Å². The minimum atomic E-state index is -0.408. The van der Waals surface area contributed by atoms with E-state index in [0.29, 0.717) is 17.7 Å². The predicted octanol–water partition coefficient (Wildman–Crippen LogP) is 3.47. The van der Waals surface area contributed by atoms with E-state index in [1.807, 2.05) is 0 Å². The van der Waals surface area contributed by atoms with Crippen LogP contribution < -0.4 is 0 Å². The molecule has 2 aromatic carbocycles. The van der Waals surface area contributed by atoms with Gasteiger partial charge in [-0.3, -0.25) is 4.79 Å². The van der Waals surface area contributed by atoms with Crippen molar-refractivity contribution in [2.45, 2.75) is 13.3 Å². The highest BCUT2D eigenvalue weighted by Crippen LogP contribution is 2.12. The Morgan fingerprint density at radius 1 is 0.923 bits per heavy atom. The van der Waals surface area contributed by atoms with Gasteiger partial charge in [-0.15, -0.1) is 0 Å². The fourth-order valence-corrected chi connectivity index (χ4v) is 2.30. The molecule has 0 saturated carbocycles. The predicted molar refractivity (Wildman–Crippen MR) is 97.9 cm³/mol. The molecule has 5 heteroatoms. The van der Waals surface area contributed by atoms with E-state index < -0.39 is 11.9 Å². The van der Waals surface area contributed by atoms with Crippen molar-refractivity contribution in [1.82, 2.24) is 0 Å². The first kappa shape index (κ1) is 19.1. The summed E-state index contributed by atoms with van der Waals surface area (Å²) in [5.41, 5.74) is 2.64. The fraction of sp³-hybridized carbons (Fsp3) is 0.190. The van der Waals surface area contributed by atoms with E-state index in [0.717, 1.165) is 11.1 Å². The lowest BCUT2D eigenvalue weighted by atomic mass is 10.0. The van der Waals surface area contributed by atoms with Gasteiger partial charge in [0.15, 0.2) is 5.78 Å². The summed E-state index contributed by atoms with van der Waals surface area (Å²) < 4.78 is 9.46. The first-order valence-corrected chi connectivity index (χ1v) is 8.19. The minimum Gasteiger partial charge on any atom is -0.465 e. The van der Waals surface area contributed by atoms with E-state index in [2.05, 4.69) is 4.74 Å². The van der Waals surface area contributed by atoms with Crippen LogP contribution in [0.2, 0.25) is 0 Å². The molecule has 26 heavy (non-hydrogen) atoms. The molecule has 0 atom stereocenters. The molecule has 5 nitrogen and oxygen atoms in total. The van der Waals surface area contributed by atoms with Crippen molar-refractivity contribution in [3.63, 3.8) is 0 Å². The number of ketones is 1. The van der Waals surface area contributed by atoms with Crippen molar-refractivity contribution >= 4 is 23.8 Å². The zero-order valence-corrected chi connectivity index (χ0v) is 14.7.